The summed E-state index contributed by atoms with van der Waals surface area (Å²) in [6.45, 7) is 1.84. The minimum absolute atomic E-state index is 0.197. The van der Waals surface area contributed by atoms with Crippen molar-refractivity contribution in [3.8, 4) is 22.8 Å². The molecule has 0 bridgehead atoms. The Morgan fingerprint density at radius 1 is 0.828 bits per heavy atom. The van der Waals surface area contributed by atoms with Crippen molar-refractivity contribution in [2.45, 2.75) is 6.92 Å². The number of hydrogen-bond acceptors (Lipinski definition) is 4. The second-order valence-corrected chi connectivity index (χ2v) is 6.46. The maximum atomic E-state index is 12.7. The highest BCUT2D eigenvalue weighted by Crippen LogP contribution is 2.23. The molecule has 0 radical (unpaired) electrons. The van der Waals surface area contributed by atoms with Gasteiger partial charge in [-0.05, 0) is 55.5 Å². The Bertz CT molecular complexity index is 1110. The summed E-state index contributed by atoms with van der Waals surface area (Å²) >= 11 is 0. The maximum absolute atomic E-state index is 12.7. The fraction of sp³-hybridized carbons (Fsp3) is 0.0417. The fourth-order valence-electron chi connectivity index (χ4n) is 2.92. The molecule has 0 saturated heterocycles. The zero-order valence-electron chi connectivity index (χ0n) is 15.9. The van der Waals surface area contributed by atoms with Crippen LogP contribution in [0.2, 0.25) is 0 Å². The van der Waals surface area contributed by atoms with E-state index in [0.29, 0.717) is 28.4 Å². The normalized spacial score (nSPS) is 10.4. The number of nitrogens with zero attached hydrogens (tertiary/aromatic N) is 2. The van der Waals surface area contributed by atoms with Gasteiger partial charge in [-0.2, -0.15) is 0 Å². The number of amides is 1. The first-order valence-electron chi connectivity index (χ1n) is 9.21. The first-order chi connectivity index (χ1) is 14.2. The van der Waals surface area contributed by atoms with Crippen LogP contribution in [0.25, 0.3) is 11.3 Å². The number of benzene rings is 2. The van der Waals surface area contributed by atoms with Crippen LogP contribution in [0.1, 0.15) is 16.1 Å². The van der Waals surface area contributed by atoms with Crippen LogP contribution >= 0.6 is 0 Å². The molecule has 4 aromatic rings. The largest absolute Gasteiger partial charge is 0.457 e. The molecule has 5 heteroatoms. The van der Waals surface area contributed by atoms with Gasteiger partial charge in [-0.1, -0.05) is 30.3 Å². The molecule has 4 rings (SSSR count). The van der Waals surface area contributed by atoms with E-state index >= 15 is 0 Å². The topological polar surface area (TPSA) is 64.1 Å². The molecule has 0 spiro atoms. The molecule has 0 aliphatic carbocycles. The molecule has 0 aliphatic rings. The molecule has 0 atom stereocenters. The van der Waals surface area contributed by atoms with Crippen molar-refractivity contribution in [3.63, 3.8) is 0 Å². The molecule has 2 heterocycles. The number of anilines is 1. The summed E-state index contributed by atoms with van der Waals surface area (Å²) in [5, 5.41) is 2.90. The van der Waals surface area contributed by atoms with Crippen molar-refractivity contribution >= 4 is 11.6 Å². The van der Waals surface area contributed by atoms with Gasteiger partial charge >= 0.3 is 0 Å². The van der Waals surface area contributed by atoms with Crippen LogP contribution in [-0.2, 0) is 0 Å². The predicted octanol–water partition coefficient (Wildman–Crippen LogP) is 5.50. The molecule has 1 N–H and O–H groups in total. The van der Waals surface area contributed by atoms with Crippen molar-refractivity contribution < 1.29 is 9.53 Å². The van der Waals surface area contributed by atoms with Crippen LogP contribution in [0.5, 0.6) is 11.5 Å². The Kier molecular flexibility index (Phi) is 5.29. The Labute approximate surface area is 169 Å². The van der Waals surface area contributed by atoms with Crippen molar-refractivity contribution in [3.05, 3.63) is 103 Å². The fourth-order valence-corrected chi connectivity index (χ4v) is 2.92. The van der Waals surface area contributed by atoms with Gasteiger partial charge in [0.2, 0.25) is 0 Å². The summed E-state index contributed by atoms with van der Waals surface area (Å²) in [6.07, 6.45) is 3.34. The number of pyridine rings is 2. The quantitative estimate of drug-likeness (QED) is 0.496. The Morgan fingerprint density at radius 3 is 2.21 bits per heavy atom. The van der Waals surface area contributed by atoms with E-state index < -0.39 is 0 Å². The van der Waals surface area contributed by atoms with Crippen molar-refractivity contribution in [2.75, 3.05) is 5.32 Å². The van der Waals surface area contributed by atoms with Crippen molar-refractivity contribution in [2.24, 2.45) is 0 Å². The molecule has 1 amide bonds. The summed E-state index contributed by atoms with van der Waals surface area (Å²) < 4.78 is 5.73. The van der Waals surface area contributed by atoms with Gasteiger partial charge < -0.3 is 10.1 Å². The van der Waals surface area contributed by atoms with E-state index in [-0.39, 0.29) is 5.91 Å². The summed E-state index contributed by atoms with van der Waals surface area (Å²) in [4.78, 5) is 21.2. The average molecular weight is 381 g/mol. The Hall–Kier alpha value is -3.99. The standard InChI is InChI=1S/C24H19N3O2/c1-17-22(11-12-23(26-17)18-5-3-2-4-6-18)24(28)27-19-7-9-20(10-8-19)29-21-13-15-25-16-14-21/h2-16H,1H3,(H,27,28). The van der Waals surface area contributed by atoms with Gasteiger partial charge in [0.05, 0.1) is 17.0 Å². The molecule has 2 aromatic heterocycles. The number of carbonyl (C=O) groups is 1. The van der Waals surface area contributed by atoms with E-state index in [2.05, 4.69) is 15.3 Å². The number of hydrogen-bond donors (Lipinski definition) is 1. The highest BCUT2D eigenvalue weighted by molar-refractivity contribution is 6.05. The number of rotatable bonds is 5. The lowest BCUT2D eigenvalue weighted by molar-refractivity contribution is 0.102. The van der Waals surface area contributed by atoms with Gasteiger partial charge in [-0.3, -0.25) is 14.8 Å². The lowest BCUT2D eigenvalue weighted by Crippen LogP contribution is -2.14. The highest BCUT2D eigenvalue weighted by atomic mass is 16.5. The third kappa shape index (κ3) is 4.47. The number of ether oxygens (including phenoxy) is 1. The van der Waals surface area contributed by atoms with E-state index in [1.165, 1.54) is 0 Å². The number of carbonyl (C=O) groups excluding carboxylic acids is 1. The summed E-state index contributed by atoms with van der Waals surface area (Å²) in [5.41, 5.74) is 3.77. The van der Waals surface area contributed by atoms with Gasteiger partial charge in [0.25, 0.3) is 5.91 Å². The van der Waals surface area contributed by atoms with Crippen LogP contribution in [0, 0.1) is 6.92 Å². The molecule has 29 heavy (non-hydrogen) atoms. The van der Waals surface area contributed by atoms with E-state index in [4.69, 9.17) is 4.74 Å². The minimum Gasteiger partial charge on any atom is -0.457 e. The van der Waals surface area contributed by atoms with Crippen LogP contribution < -0.4 is 10.1 Å². The molecule has 0 saturated carbocycles. The molecule has 142 valence electrons. The van der Waals surface area contributed by atoms with E-state index in [9.17, 15) is 4.79 Å². The van der Waals surface area contributed by atoms with E-state index in [1.54, 1.807) is 54.9 Å². The summed E-state index contributed by atoms with van der Waals surface area (Å²) in [7, 11) is 0. The third-order valence-corrected chi connectivity index (χ3v) is 4.40. The molecule has 5 nitrogen and oxygen atoms in total. The zero-order valence-corrected chi connectivity index (χ0v) is 15.9. The predicted molar refractivity (Wildman–Crippen MR) is 113 cm³/mol. The summed E-state index contributed by atoms with van der Waals surface area (Å²) in [5.74, 6) is 1.19. The zero-order chi connectivity index (χ0) is 20.1. The van der Waals surface area contributed by atoms with Gasteiger partial charge in [-0.15, -0.1) is 0 Å². The van der Waals surface area contributed by atoms with Crippen LogP contribution in [-0.4, -0.2) is 15.9 Å². The van der Waals surface area contributed by atoms with Gasteiger partial charge in [0.1, 0.15) is 11.5 Å². The SMILES string of the molecule is Cc1nc(-c2ccccc2)ccc1C(=O)Nc1ccc(Oc2ccncc2)cc1. The second-order valence-electron chi connectivity index (χ2n) is 6.46. The molecule has 0 aliphatic heterocycles. The molecular formula is C24H19N3O2. The minimum atomic E-state index is -0.197. The van der Waals surface area contributed by atoms with Crippen LogP contribution in [0.15, 0.2) is 91.3 Å². The highest BCUT2D eigenvalue weighted by Gasteiger charge is 2.12. The Balaban J connectivity index is 1.45. The average Bonchev–Trinajstić information content (AvgIpc) is 2.76. The lowest BCUT2D eigenvalue weighted by Gasteiger charge is -2.10. The number of nitrogens with one attached hydrogen (secondary N) is 1. The second kappa shape index (κ2) is 8.35. The van der Waals surface area contributed by atoms with Gasteiger partial charge in [-0.25, -0.2) is 0 Å². The lowest BCUT2D eigenvalue weighted by atomic mass is 10.1. The monoisotopic (exact) mass is 381 g/mol. The van der Waals surface area contributed by atoms with E-state index in [0.717, 1.165) is 11.3 Å². The molecule has 2 aromatic carbocycles. The first kappa shape index (κ1) is 18.4. The third-order valence-electron chi connectivity index (χ3n) is 4.40. The van der Waals surface area contributed by atoms with Crippen molar-refractivity contribution in [1.29, 1.82) is 0 Å². The number of aryl methyl sites for hydroxylation is 1. The van der Waals surface area contributed by atoms with E-state index in [1.807, 2.05) is 43.3 Å². The molecule has 0 unspecified atom stereocenters. The smallest absolute Gasteiger partial charge is 0.257 e. The van der Waals surface area contributed by atoms with Gasteiger partial charge in [0, 0.05) is 23.6 Å². The van der Waals surface area contributed by atoms with Crippen LogP contribution in [0.4, 0.5) is 5.69 Å². The molecular weight excluding hydrogens is 362 g/mol. The first-order valence-corrected chi connectivity index (χ1v) is 9.21. The Morgan fingerprint density at radius 2 is 1.52 bits per heavy atom. The summed E-state index contributed by atoms with van der Waals surface area (Å²) in [6, 6.07) is 24.3. The number of aromatic nitrogens is 2. The van der Waals surface area contributed by atoms with Crippen LogP contribution in [0.3, 0.4) is 0 Å². The molecule has 0 fully saturated rings. The van der Waals surface area contributed by atoms with Gasteiger partial charge in [0.15, 0.2) is 0 Å². The maximum Gasteiger partial charge on any atom is 0.257 e. The van der Waals surface area contributed by atoms with Crippen molar-refractivity contribution in [1.82, 2.24) is 9.97 Å².